The molecule has 3 nitrogen and oxygen atoms in total. The normalized spacial score (nSPS) is 13.8. The van der Waals surface area contributed by atoms with Crippen molar-refractivity contribution in [2.45, 2.75) is 25.8 Å². The third-order valence-electron chi connectivity index (χ3n) is 1.72. The summed E-state index contributed by atoms with van der Waals surface area (Å²) < 4.78 is 0. The van der Waals surface area contributed by atoms with Gasteiger partial charge in [-0.1, -0.05) is 0 Å². The second-order valence-electron chi connectivity index (χ2n) is 3.55. The smallest absolute Gasteiger partial charge is 0.0431 e. The van der Waals surface area contributed by atoms with Gasteiger partial charge in [-0.25, -0.2) is 0 Å². The van der Waals surface area contributed by atoms with Crippen LogP contribution in [0.1, 0.15) is 19.8 Å². The lowest BCUT2D eigenvalue weighted by Gasteiger charge is -2.17. The Morgan fingerprint density at radius 2 is 2.00 bits per heavy atom. The first-order valence-corrected chi connectivity index (χ1v) is 4.65. The molecule has 12 heavy (non-hydrogen) atoms. The van der Waals surface area contributed by atoms with Crippen LogP contribution in [0.4, 0.5) is 0 Å². The van der Waals surface area contributed by atoms with Crippen LogP contribution in [-0.4, -0.2) is 49.8 Å². The Kier molecular flexibility index (Phi) is 7.45. The Morgan fingerprint density at radius 1 is 1.33 bits per heavy atom. The molecule has 0 saturated heterocycles. The van der Waals surface area contributed by atoms with Crippen molar-refractivity contribution in [1.82, 2.24) is 10.2 Å². The van der Waals surface area contributed by atoms with Gasteiger partial charge >= 0.3 is 0 Å². The van der Waals surface area contributed by atoms with E-state index >= 15 is 0 Å². The minimum atomic E-state index is 0.309. The van der Waals surface area contributed by atoms with Crippen LogP contribution in [0, 0.1) is 0 Å². The molecular formula is C9H22N2O. The molecular weight excluding hydrogens is 152 g/mol. The average molecular weight is 174 g/mol. The first-order valence-electron chi connectivity index (χ1n) is 4.65. The van der Waals surface area contributed by atoms with Crippen LogP contribution in [0.2, 0.25) is 0 Å². The number of nitrogens with zero attached hydrogens (tertiary/aromatic N) is 1. The third kappa shape index (κ3) is 7.98. The molecule has 2 N–H and O–H groups in total. The van der Waals surface area contributed by atoms with Gasteiger partial charge < -0.3 is 15.3 Å². The highest BCUT2D eigenvalue weighted by molar-refractivity contribution is 4.62. The zero-order valence-corrected chi connectivity index (χ0v) is 8.51. The summed E-state index contributed by atoms with van der Waals surface area (Å²) in [6, 6.07) is 0.540. The minimum absolute atomic E-state index is 0.309. The van der Waals surface area contributed by atoms with Gasteiger partial charge in [-0.2, -0.15) is 0 Å². The zero-order chi connectivity index (χ0) is 9.40. The topological polar surface area (TPSA) is 35.5 Å². The number of rotatable bonds is 7. The summed E-state index contributed by atoms with van der Waals surface area (Å²) in [5.41, 5.74) is 0. The van der Waals surface area contributed by atoms with Gasteiger partial charge in [0.25, 0.3) is 0 Å². The first kappa shape index (κ1) is 11.9. The number of unbranched alkanes of at least 4 members (excludes halogenated alkanes) is 1. The number of nitrogens with one attached hydrogen (secondary N) is 1. The monoisotopic (exact) mass is 174 g/mol. The Bertz CT molecular complexity index is 96.5. The van der Waals surface area contributed by atoms with E-state index in [1.807, 2.05) is 0 Å². The van der Waals surface area contributed by atoms with Crippen LogP contribution in [-0.2, 0) is 0 Å². The van der Waals surface area contributed by atoms with E-state index in [9.17, 15) is 0 Å². The van der Waals surface area contributed by atoms with E-state index in [0.717, 1.165) is 25.9 Å². The van der Waals surface area contributed by atoms with Gasteiger partial charge in [0.2, 0.25) is 0 Å². The lowest BCUT2D eigenvalue weighted by Crippen LogP contribution is -2.36. The van der Waals surface area contributed by atoms with E-state index in [1.54, 1.807) is 0 Å². The maximum absolute atomic E-state index is 8.54. The van der Waals surface area contributed by atoms with E-state index < -0.39 is 0 Å². The SMILES string of the molecule is CC(CN(C)C)NCCCCO. The van der Waals surface area contributed by atoms with E-state index in [0.29, 0.717) is 12.6 Å². The molecule has 0 bridgehead atoms. The molecule has 0 aliphatic rings. The van der Waals surface area contributed by atoms with Crippen LogP contribution in [0.15, 0.2) is 0 Å². The molecule has 0 aliphatic heterocycles. The molecule has 0 amide bonds. The summed E-state index contributed by atoms with van der Waals surface area (Å²) in [5.74, 6) is 0. The molecule has 1 unspecified atom stereocenters. The molecule has 0 saturated carbocycles. The Balaban J connectivity index is 3.14. The van der Waals surface area contributed by atoms with Gasteiger partial charge in [-0.15, -0.1) is 0 Å². The highest BCUT2D eigenvalue weighted by atomic mass is 16.2. The second kappa shape index (κ2) is 7.53. The molecule has 1 atom stereocenters. The molecule has 3 heteroatoms. The lowest BCUT2D eigenvalue weighted by molar-refractivity contribution is 0.280. The highest BCUT2D eigenvalue weighted by Crippen LogP contribution is 1.88. The molecule has 0 fully saturated rings. The zero-order valence-electron chi connectivity index (χ0n) is 8.51. The molecule has 74 valence electrons. The van der Waals surface area contributed by atoms with Gasteiger partial charge in [0, 0.05) is 19.2 Å². The largest absolute Gasteiger partial charge is 0.396 e. The summed E-state index contributed by atoms with van der Waals surface area (Å²) in [4.78, 5) is 2.17. The molecule has 0 aromatic rings. The Hall–Kier alpha value is -0.120. The van der Waals surface area contributed by atoms with Crippen molar-refractivity contribution in [1.29, 1.82) is 0 Å². The molecule has 0 aromatic carbocycles. The van der Waals surface area contributed by atoms with Crippen LogP contribution in [0.5, 0.6) is 0 Å². The fourth-order valence-electron chi connectivity index (χ4n) is 1.20. The van der Waals surface area contributed by atoms with Crippen LogP contribution >= 0.6 is 0 Å². The maximum Gasteiger partial charge on any atom is 0.0431 e. The Morgan fingerprint density at radius 3 is 2.50 bits per heavy atom. The predicted octanol–water partition coefficient (Wildman–Crippen LogP) is 0.299. The first-order chi connectivity index (χ1) is 5.66. The summed E-state index contributed by atoms with van der Waals surface area (Å²) in [6.45, 7) is 4.57. The summed E-state index contributed by atoms with van der Waals surface area (Å²) >= 11 is 0. The molecule has 0 aromatic heterocycles. The third-order valence-corrected chi connectivity index (χ3v) is 1.72. The van der Waals surface area contributed by atoms with Gasteiger partial charge in [0.1, 0.15) is 0 Å². The van der Waals surface area contributed by atoms with E-state index in [4.69, 9.17) is 5.11 Å². The molecule has 0 heterocycles. The van der Waals surface area contributed by atoms with Crippen molar-refractivity contribution < 1.29 is 5.11 Å². The van der Waals surface area contributed by atoms with Gasteiger partial charge in [0.05, 0.1) is 0 Å². The van der Waals surface area contributed by atoms with Gasteiger partial charge in [0.15, 0.2) is 0 Å². The number of aliphatic hydroxyl groups is 1. The highest BCUT2D eigenvalue weighted by Gasteiger charge is 2.00. The fourth-order valence-corrected chi connectivity index (χ4v) is 1.20. The molecule has 0 radical (unpaired) electrons. The van der Waals surface area contributed by atoms with Crippen molar-refractivity contribution in [3.63, 3.8) is 0 Å². The lowest BCUT2D eigenvalue weighted by atomic mass is 10.3. The van der Waals surface area contributed by atoms with Crippen molar-refractivity contribution in [3.8, 4) is 0 Å². The number of aliphatic hydroxyl groups excluding tert-OH is 1. The van der Waals surface area contributed by atoms with Gasteiger partial charge in [-0.3, -0.25) is 0 Å². The van der Waals surface area contributed by atoms with Crippen LogP contribution in [0.3, 0.4) is 0 Å². The van der Waals surface area contributed by atoms with Crippen LogP contribution < -0.4 is 5.32 Å². The van der Waals surface area contributed by atoms with Crippen LogP contribution in [0.25, 0.3) is 0 Å². The summed E-state index contributed by atoms with van der Waals surface area (Å²) in [7, 11) is 4.15. The maximum atomic E-state index is 8.54. The van der Waals surface area contributed by atoms with E-state index in [-0.39, 0.29) is 0 Å². The fraction of sp³-hybridized carbons (Fsp3) is 1.00. The predicted molar refractivity (Wildman–Crippen MR) is 52.3 cm³/mol. The molecule has 0 spiro atoms. The molecule has 0 aliphatic carbocycles. The summed E-state index contributed by atoms with van der Waals surface area (Å²) in [6.07, 6.45) is 1.97. The van der Waals surface area contributed by atoms with Gasteiger partial charge in [-0.05, 0) is 40.4 Å². The second-order valence-corrected chi connectivity index (χ2v) is 3.55. The van der Waals surface area contributed by atoms with E-state index in [1.165, 1.54) is 0 Å². The van der Waals surface area contributed by atoms with E-state index in [2.05, 4.69) is 31.2 Å². The number of likely N-dealkylation sites (N-methyl/N-ethyl adjacent to an activating group) is 1. The van der Waals surface area contributed by atoms with Crippen molar-refractivity contribution in [2.75, 3.05) is 33.8 Å². The minimum Gasteiger partial charge on any atom is -0.396 e. The molecule has 0 rings (SSSR count). The average Bonchev–Trinajstić information content (AvgIpc) is 1.97. The Labute approximate surface area is 75.8 Å². The van der Waals surface area contributed by atoms with Crippen molar-refractivity contribution >= 4 is 0 Å². The quantitative estimate of drug-likeness (QED) is 0.545. The number of hydrogen-bond donors (Lipinski definition) is 2. The van der Waals surface area contributed by atoms with Crippen molar-refractivity contribution in [3.05, 3.63) is 0 Å². The van der Waals surface area contributed by atoms with Crippen molar-refractivity contribution in [2.24, 2.45) is 0 Å². The summed E-state index contributed by atoms with van der Waals surface area (Å²) in [5, 5.41) is 11.9. The number of hydrogen-bond acceptors (Lipinski definition) is 3. The standard InChI is InChI=1S/C9H22N2O/c1-9(8-11(2)3)10-6-4-5-7-12/h9-10,12H,4-8H2,1-3H3.